The van der Waals surface area contributed by atoms with Crippen LogP contribution in [0, 0.1) is 5.82 Å². The average Bonchev–Trinajstić information content (AvgIpc) is 2.80. The molecule has 0 aromatic heterocycles. The van der Waals surface area contributed by atoms with Gasteiger partial charge in [0.25, 0.3) is 0 Å². The summed E-state index contributed by atoms with van der Waals surface area (Å²) in [5.74, 6) is -0.335. The molecule has 5 heteroatoms. The molecule has 2 aliphatic heterocycles. The number of benzene rings is 1. The Labute approximate surface area is 124 Å². The van der Waals surface area contributed by atoms with Gasteiger partial charge in [-0.2, -0.15) is 0 Å². The van der Waals surface area contributed by atoms with Crippen LogP contribution in [0.25, 0.3) is 0 Å². The minimum atomic E-state index is -0.335. The standard InChI is InChI=1S/C16H22FN3O/c1-19-9-3-7-16(19)8-4-10-20(12-16)15(21)18-14-6-2-5-13(17)11-14/h2,5-6,11H,3-4,7-10,12H2,1H3,(H,18,21). The number of carbonyl (C=O) groups excluding carboxylic acids is 1. The number of likely N-dealkylation sites (tertiary alicyclic amines) is 2. The number of anilines is 1. The number of hydrogen-bond donors (Lipinski definition) is 1. The number of piperidine rings is 1. The molecular formula is C16H22FN3O. The van der Waals surface area contributed by atoms with E-state index in [1.165, 1.54) is 18.6 Å². The van der Waals surface area contributed by atoms with Crippen LogP contribution in [-0.2, 0) is 0 Å². The van der Waals surface area contributed by atoms with E-state index in [4.69, 9.17) is 0 Å². The SMILES string of the molecule is CN1CCCC12CCCN(C(=O)Nc1cccc(F)c1)C2. The van der Waals surface area contributed by atoms with Crippen LogP contribution >= 0.6 is 0 Å². The molecule has 2 saturated heterocycles. The van der Waals surface area contributed by atoms with Crippen molar-refractivity contribution in [2.24, 2.45) is 0 Å². The lowest BCUT2D eigenvalue weighted by Gasteiger charge is -2.44. The molecule has 0 aliphatic carbocycles. The van der Waals surface area contributed by atoms with E-state index in [-0.39, 0.29) is 17.4 Å². The monoisotopic (exact) mass is 291 g/mol. The lowest BCUT2D eigenvalue weighted by Crippen LogP contribution is -2.56. The molecule has 114 valence electrons. The summed E-state index contributed by atoms with van der Waals surface area (Å²) in [6, 6.07) is 5.91. The quantitative estimate of drug-likeness (QED) is 0.863. The van der Waals surface area contributed by atoms with Gasteiger partial charge in [0, 0.05) is 24.3 Å². The fourth-order valence-corrected chi connectivity index (χ4v) is 3.64. The predicted octanol–water partition coefficient (Wildman–Crippen LogP) is 2.92. The molecule has 0 radical (unpaired) electrons. The van der Waals surface area contributed by atoms with Crippen LogP contribution in [0.1, 0.15) is 25.7 Å². The number of amides is 2. The second-order valence-corrected chi connectivity index (χ2v) is 6.22. The first-order valence-electron chi connectivity index (χ1n) is 7.62. The first-order valence-corrected chi connectivity index (χ1v) is 7.62. The minimum absolute atomic E-state index is 0.125. The molecule has 2 aliphatic rings. The van der Waals surface area contributed by atoms with Gasteiger partial charge in [-0.3, -0.25) is 4.90 Å². The maximum atomic E-state index is 13.2. The summed E-state index contributed by atoms with van der Waals surface area (Å²) in [4.78, 5) is 16.7. The second-order valence-electron chi connectivity index (χ2n) is 6.22. The molecular weight excluding hydrogens is 269 g/mol. The van der Waals surface area contributed by atoms with Crippen molar-refractivity contribution >= 4 is 11.7 Å². The van der Waals surface area contributed by atoms with E-state index in [1.807, 2.05) is 4.90 Å². The van der Waals surface area contributed by atoms with Crippen molar-refractivity contribution in [2.45, 2.75) is 31.2 Å². The number of carbonyl (C=O) groups is 1. The maximum Gasteiger partial charge on any atom is 0.321 e. The van der Waals surface area contributed by atoms with E-state index in [2.05, 4.69) is 17.3 Å². The fourth-order valence-electron chi connectivity index (χ4n) is 3.64. The third-order valence-electron chi connectivity index (χ3n) is 4.86. The zero-order valence-electron chi connectivity index (χ0n) is 12.4. The lowest BCUT2D eigenvalue weighted by molar-refractivity contribution is 0.0771. The van der Waals surface area contributed by atoms with Crippen LogP contribution < -0.4 is 5.32 Å². The highest BCUT2D eigenvalue weighted by atomic mass is 19.1. The van der Waals surface area contributed by atoms with Crippen molar-refractivity contribution in [3.05, 3.63) is 30.1 Å². The van der Waals surface area contributed by atoms with E-state index >= 15 is 0 Å². The summed E-state index contributed by atoms with van der Waals surface area (Å²) in [5, 5.41) is 2.80. The predicted molar refractivity (Wildman–Crippen MR) is 80.8 cm³/mol. The molecule has 0 saturated carbocycles. The smallest absolute Gasteiger partial charge is 0.321 e. The Morgan fingerprint density at radius 2 is 2.05 bits per heavy atom. The highest BCUT2D eigenvalue weighted by Gasteiger charge is 2.42. The molecule has 2 amide bonds. The van der Waals surface area contributed by atoms with Gasteiger partial charge in [-0.25, -0.2) is 9.18 Å². The van der Waals surface area contributed by atoms with E-state index in [0.717, 1.165) is 38.9 Å². The number of rotatable bonds is 1. The summed E-state index contributed by atoms with van der Waals surface area (Å²) in [5.41, 5.74) is 0.664. The van der Waals surface area contributed by atoms with Gasteiger partial charge in [-0.15, -0.1) is 0 Å². The van der Waals surface area contributed by atoms with Crippen LogP contribution in [0.5, 0.6) is 0 Å². The van der Waals surface area contributed by atoms with Gasteiger partial charge in [-0.1, -0.05) is 6.07 Å². The third-order valence-corrected chi connectivity index (χ3v) is 4.86. The summed E-state index contributed by atoms with van der Waals surface area (Å²) < 4.78 is 13.2. The van der Waals surface area contributed by atoms with Crippen molar-refractivity contribution in [1.29, 1.82) is 0 Å². The van der Waals surface area contributed by atoms with Crippen molar-refractivity contribution in [2.75, 3.05) is 32.0 Å². The Morgan fingerprint density at radius 3 is 2.76 bits per heavy atom. The molecule has 2 heterocycles. The minimum Gasteiger partial charge on any atom is -0.323 e. The van der Waals surface area contributed by atoms with Gasteiger partial charge in [0.05, 0.1) is 0 Å². The number of likely N-dealkylation sites (N-methyl/N-ethyl adjacent to an activating group) is 1. The molecule has 0 bridgehead atoms. The molecule has 1 N–H and O–H groups in total. The molecule has 1 spiro atoms. The highest BCUT2D eigenvalue weighted by Crippen LogP contribution is 2.36. The van der Waals surface area contributed by atoms with Gasteiger partial charge in [-0.05, 0) is 57.5 Å². The summed E-state index contributed by atoms with van der Waals surface area (Å²) >= 11 is 0. The van der Waals surface area contributed by atoms with Crippen LogP contribution in [0.15, 0.2) is 24.3 Å². The lowest BCUT2D eigenvalue weighted by atomic mass is 9.87. The summed E-state index contributed by atoms with van der Waals surface area (Å²) in [7, 11) is 2.15. The number of nitrogens with zero attached hydrogens (tertiary/aromatic N) is 2. The molecule has 2 fully saturated rings. The van der Waals surface area contributed by atoms with Gasteiger partial charge in [0.1, 0.15) is 5.82 Å². The molecule has 1 aromatic rings. The Kier molecular flexibility index (Phi) is 3.85. The van der Waals surface area contributed by atoms with E-state index in [9.17, 15) is 9.18 Å². The fraction of sp³-hybridized carbons (Fsp3) is 0.562. The van der Waals surface area contributed by atoms with E-state index in [1.54, 1.807) is 12.1 Å². The Hall–Kier alpha value is -1.62. The van der Waals surface area contributed by atoms with Crippen LogP contribution in [0.3, 0.4) is 0 Å². The van der Waals surface area contributed by atoms with Crippen molar-refractivity contribution in [3.8, 4) is 0 Å². The molecule has 1 atom stereocenters. The van der Waals surface area contributed by atoms with Crippen LogP contribution in [0.4, 0.5) is 14.9 Å². The van der Waals surface area contributed by atoms with E-state index in [0.29, 0.717) is 5.69 Å². The number of nitrogens with one attached hydrogen (secondary N) is 1. The Morgan fingerprint density at radius 1 is 1.29 bits per heavy atom. The van der Waals surface area contributed by atoms with Crippen molar-refractivity contribution in [1.82, 2.24) is 9.80 Å². The number of hydrogen-bond acceptors (Lipinski definition) is 2. The zero-order chi connectivity index (χ0) is 14.9. The molecule has 3 rings (SSSR count). The first-order chi connectivity index (χ1) is 10.1. The number of urea groups is 1. The average molecular weight is 291 g/mol. The largest absolute Gasteiger partial charge is 0.323 e. The zero-order valence-corrected chi connectivity index (χ0v) is 12.4. The van der Waals surface area contributed by atoms with Crippen LogP contribution in [-0.4, -0.2) is 48.1 Å². The molecule has 1 unspecified atom stereocenters. The topological polar surface area (TPSA) is 35.6 Å². The molecule has 4 nitrogen and oxygen atoms in total. The number of halogens is 1. The van der Waals surface area contributed by atoms with E-state index < -0.39 is 0 Å². The first kappa shape index (κ1) is 14.3. The Bertz CT molecular complexity index is 536. The Balaban J connectivity index is 1.67. The summed E-state index contributed by atoms with van der Waals surface area (Å²) in [6.07, 6.45) is 4.55. The third kappa shape index (κ3) is 2.88. The summed E-state index contributed by atoms with van der Waals surface area (Å²) in [6.45, 7) is 2.65. The van der Waals surface area contributed by atoms with Gasteiger partial charge in [0.2, 0.25) is 0 Å². The van der Waals surface area contributed by atoms with Gasteiger partial charge >= 0.3 is 6.03 Å². The molecule has 1 aromatic carbocycles. The molecule has 21 heavy (non-hydrogen) atoms. The van der Waals surface area contributed by atoms with Gasteiger partial charge in [0.15, 0.2) is 0 Å². The van der Waals surface area contributed by atoms with Gasteiger partial charge < -0.3 is 10.2 Å². The highest BCUT2D eigenvalue weighted by molar-refractivity contribution is 5.89. The maximum absolute atomic E-state index is 13.2. The second kappa shape index (κ2) is 5.64. The van der Waals surface area contributed by atoms with Crippen LogP contribution in [0.2, 0.25) is 0 Å². The normalized spacial score (nSPS) is 26.3. The van der Waals surface area contributed by atoms with Crippen molar-refractivity contribution in [3.63, 3.8) is 0 Å². The van der Waals surface area contributed by atoms with Crippen molar-refractivity contribution < 1.29 is 9.18 Å².